The molecule has 0 radical (unpaired) electrons. The van der Waals surface area contributed by atoms with Crippen LogP contribution in [0.1, 0.15) is 24.1 Å². The van der Waals surface area contributed by atoms with Crippen LogP contribution in [-0.2, 0) is 13.1 Å². The van der Waals surface area contributed by atoms with Crippen molar-refractivity contribution in [1.29, 1.82) is 0 Å². The zero-order valence-corrected chi connectivity index (χ0v) is 18.9. The van der Waals surface area contributed by atoms with E-state index in [4.69, 9.17) is 11.5 Å². The normalized spacial score (nSPS) is 10.6. The first kappa shape index (κ1) is 23.7. The molecule has 0 amide bonds. The quantitative estimate of drug-likeness (QED) is 0.273. The molecule has 4 N–H and O–H groups in total. The number of anilines is 2. The molecule has 0 atom stereocenters. The number of aryl methyl sites for hydroxylation is 4. The summed E-state index contributed by atoms with van der Waals surface area (Å²) >= 11 is 0. The Balaban J connectivity index is 0.00000160. The summed E-state index contributed by atoms with van der Waals surface area (Å²) in [5.74, 6) is 0. The molecule has 0 unspecified atom stereocenters. The van der Waals surface area contributed by atoms with Crippen molar-refractivity contribution >= 4 is 33.2 Å². The predicted molar refractivity (Wildman–Crippen MR) is 116 cm³/mol. The number of rotatable bonds is 5. The molecule has 0 bridgehead atoms. The second-order valence-corrected chi connectivity index (χ2v) is 7.55. The maximum absolute atomic E-state index is 6.27. The van der Waals surface area contributed by atoms with Gasteiger partial charge < -0.3 is 36.3 Å². The van der Waals surface area contributed by atoms with Gasteiger partial charge in [-0.1, -0.05) is 24.3 Å². The molecule has 0 saturated heterocycles. The predicted octanol–water partition coefficient (Wildman–Crippen LogP) is -2.16. The molecule has 2 aromatic heterocycles. The van der Waals surface area contributed by atoms with Crippen LogP contribution in [0.25, 0.3) is 21.8 Å². The molecule has 0 spiro atoms. The summed E-state index contributed by atoms with van der Waals surface area (Å²) < 4.78 is 4.71. The number of nitrogens with zero attached hydrogens (tertiary/aromatic N) is 2. The Labute approximate surface area is 190 Å². The molecule has 4 aromatic rings. The van der Waals surface area contributed by atoms with Crippen LogP contribution >= 0.6 is 0 Å². The van der Waals surface area contributed by atoms with Crippen LogP contribution < -0.4 is 45.4 Å². The van der Waals surface area contributed by atoms with Gasteiger partial charge in [-0.3, -0.25) is 0 Å². The van der Waals surface area contributed by atoms with Crippen LogP contribution in [0.4, 0.5) is 11.4 Å². The standard InChI is InChI=1S/C24H26N4.2ClH/c1-17-16-27(22-11-5-4-10-20(22)24(17)26)13-7-8-14-28-18(2)15-21(25)19-9-3-6-12-23(19)28;;/h3-6,9-12,15-16,25-26H,7-8,13-14H2,1-2H3;2*1H. The van der Waals surface area contributed by atoms with E-state index in [9.17, 15) is 0 Å². The van der Waals surface area contributed by atoms with Gasteiger partial charge in [0.15, 0.2) is 11.9 Å². The van der Waals surface area contributed by atoms with Gasteiger partial charge in [-0.05, 0) is 19.1 Å². The lowest BCUT2D eigenvalue weighted by molar-refractivity contribution is -0.686. The Bertz CT molecular complexity index is 1170. The van der Waals surface area contributed by atoms with Crippen molar-refractivity contribution in [3.63, 3.8) is 0 Å². The number of hydrogen-bond acceptors (Lipinski definition) is 2. The van der Waals surface area contributed by atoms with Crippen LogP contribution in [0.3, 0.4) is 0 Å². The van der Waals surface area contributed by atoms with Crippen molar-refractivity contribution in [3.05, 3.63) is 72.1 Å². The van der Waals surface area contributed by atoms with Crippen LogP contribution in [0.15, 0.2) is 60.8 Å². The largest absolute Gasteiger partial charge is 1.00 e. The van der Waals surface area contributed by atoms with Crippen LogP contribution in [0.5, 0.6) is 0 Å². The molecule has 0 saturated carbocycles. The Morgan fingerprint density at radius 2 is 1.37 bits per heavy atom. The molecule has 6 heteroatoms. The summed E-state index contributed by atoms with van der Waals surface area (Å²) in [6.07, 6.45) is 4.38. The number of pyridine rings is 2. The highest BCUT2D eigenvalue weighted by molar-refractivity contribution is 5.89. The van der Waals surface area contributed by atoms with Gasteiger partial charge in [-0.2, -0.15) is 9.13 Å². The highest BCUT2D eigenvalue weighted by Gasteiger charge is 2.17. The van der Waals surface area contributed by atoms with Gasteiger partial charge in [0.25, 0.3) is 0 Å². The fourth-order valence-corrected chi connectivity index (χ4v) is 4.09. The molecule has 2 aromatic carbocycles. The monoisotopic (exact) mass is 442 g/mol. The maximum atomic E-state index is 6.27. The van der Waals surface area contributed by atoms with Gasteiger partial charge in [-0.15, -0.1) is 0 Å². The van der Waals surface area contributed by atoms with E-state index < -0.39 is 0 Å². The molecular weight excluding hydrogens is 415 g/mol. The van der Waals surface area contributed by atoms with E-state index in [1.54, 1.807) is 0 Å². The average molecular weight is 443 g/mol. The Kier molecular flexibility index (Phi) is 7.88. The molecule has 0 fully saturated rings. The number of para-hydroxylation sites is 2. The fourth-order valence-electron chi connectivity index (χ4n) is 4.09. The molecule has 4 nitrogen and oxygen atoms in total. The minimum atomic E-state index is 0. The van der Waals surface area contributed by atoms with E-state index in [1.165, 1.54) is 16.7 Å². The first-order valence-electron chi connectivity index (χ1n) is 9.91. The van der Waals surface area contributed by atoms with Crippen molar-refractivity contribution in [3.8, 4) is 0 Å². The Morgan fingerprint density at radius 3 is 2.10 bits per heavy atom. The van der Waals surface area contributed by atoms with Crippen molar-refractivity contribution in [2.75, 3.05) is 11.5 Å². The van der Waals surface area contributed by atoms with Gasteiger partial charge in [0.2, 0.25) is 11.0 Å². The minimum Gasteiger partial charge on any atom is -1.00 e. The summed E-state index contributed by atoms with van der Waals surface area (Å²) in [5.41, 5.74) is 19.0. The fraction of sp³-hybridized carbons (Fsp3) is 0.250. The second-order valence-electron chi connectivity index (χ2n) is 7.55. The topological polar surface area (TPSA) is 59.8 Å². The second kappa shape index (κ2) is 9.96. The Morgan fingerprint density at radius 1 is 0.767 bits per heavy atom. The third-order valence-corrected chi connectivity index (χ3v) is 5.60. The van der Waals surface area contributed by atoms with E-state index in [1.807, 2.05) is 12.1 Å². The van der Waals surface area contributed by atoms with Gasteiger partial charge in [0.05, 0.1) is 22.1 Å². The molecule has 0 aliphatic rings. The lowest BCUT2D eigenvalue weighted by Crippen LogP contribution is -3.00. The van der Waals surface area contributed by atoms with E-state index in [2.05, 4.69) is 71.6 Å². The van der Waals surface area contributed by atoms with Crippen LogP contribution in [0, 0.1) is 13.8 Å². The molecular formula is C24H28Cl2N4. The number of nitrogen functional groups attached to an aromatic ring is 2. The molecule has 0 aliphatic carbocycles. The number of aromatic nitrogens is 2. The molecule has 158 valence electrons. The first-order chi connectivity index (χ1) is 13.6. The smallest absolute Gasteiger partial charge is 0.214 e. The van der Waals surface area contributed by atoms with Gasteiger partial charge in [0.1, 0.15) is 13.1 Å². The number of halogens is 2. The zero-order chi connectivity index (χ0) is 19.7. The van der Waals surface area contributed by atoms with E-state index in [0.717, 1.165) is 53.6 Å². The average Bonchev–Trinajstić information content (AvgIpc) is 2.71. The van der Waals surface area contributed by atoms with E-state index in [0.29, 0.717) is 0 Å². The van der Waals surface area contributed by atoms with Gasteiger partial charge >= 0.3 is 0 Å². The summed E-state index contributed by atoms with van der Waals surface area (Å²) in [6.45, 7) is 6.18. The van der Waals surface area contributed by atoms with Crippen LogP contribution in [0.2, 0.25) is 0 Å². The summed E-state index contributed by atoms with van der Waals surface area (Å²) in [7, 11) is 0. The maximum Gasteiger partial charge on any atom is 0.214 e. The SMILES string of the molecule is Cc1c[n+](CCCC[n+]2c(C)cc(N)c3ccccc32)c2ccccc2c1N.[Cl-].[Cl-]. The summed E-state index contributed by atoms with van der Waals surface area (Å²) in [4.78, 5) is 0. The highest BCUT2D eigenvalue weighted by atomic mass is 35.5. The summed E-state index contributed by atoms with van der Waals surface area (Å²) in [5, 5.41) is 2.26. The third kappa shape index (κ3) is 4.45. The minimum absolute atomic E-state index is 0. The van der Waals surface area contributed by atoms with Crippen molar-refractivity contribution in [2.24, 2.45) is 0 Å². The highest BCUT2D eigenvalue weighted by Crippen LogP contribution is 2.21. The first-order valence-corrected chi connectivity index (χ1v) is 9.91. The molecule has 4 rings (SSSR count). The number of hydrogen-bond donors (Lipinski definition) is 2. The molecule has 0 aliphatic heterocycles. The van der Waals surface area contributed by atoms with E-state index in [-0.39, 0.29) is 24.8 Å². The van der Waals surface area contributed by atoms with Crippen molar-refractivity contribution in [1.82, 2.24) is 0 Å². The van der Waals surface area contributed by atoms with Crippen LogP contribution in [-0.4, -0.2) is 0 Å². The molecule has 2 heterocycles. The van der Waals surface area contributed by atoms with E-state index >= 15 is 0 Å². The zero-order valence-electron chi connectivity index (χ0n) is 17.4. The van der Waals surface area contributed by atoms with Crippen molar-refractivity contribution in [2.45, 2.75) is 39.8 Å². The summed E-state index contributed by atoms with van der Waals surface area (Å²) in [6, 6.07) is 18.8. The van der Waals surface area contributed by atoms with Gasteiger partial charge in [0, 0.05) is 43.5 Å². The number of nitrogens with two attached hydrogens (primary N) is 2. The lowest BCUT2D eigenvalue weighted by atomic mass is 10.1. The number of unbranched alkanes of at least 4 members (excludes halogenated alkanes) is 1. The number of fused-ring (bicyclic) bond motifs is 2. The lowest BCUT2D eigenvalue weighted by Gasteiger charge is -2.08. The number of benzene rings is 2. The van der Waals surface area contributed by atoms with Gasteiger partial charge in [-0.25, -0.2) is 0 Å². The third-order valence-electron chi connectivity index (χ3n) is 5.60. The molecule has 30 heavy (non-hydrogen) atoms. The Hall–Kier alpha value is -2.56. The van der Waals surface area contributed by atoms with Crippen molar-refractivity contribution < 1.29 is 33.9 Å².